The van der Waals surface area contributed by atoms with E-state index in [-0.39, 0.29) is 30.4 Å². The molecule has 0 aromatic heterocycles. The molecule has 2 atom stereocenters. The number of aliphatic hydroxyl groups is 1. The molecule has 10 nitrogen and oxygen atoms in total. The van der Waals surface area contributed by atoms with Crippen LogP contribution in [0, 0.1) is 11.8 Å². The molecule has 5 N–H and O–H groups in total. The van der Waals surface area contributed by atoms with Crippen LogP contribution in [0.3, 0.4) is 0 Å². The molecule has 2 unspecified atom stereocenters. The molecule has 0 bridgehead atoms. The number of nitrogens with one attached hydrogen (secondary N) is 3. The number of carboxylic acids is 1. The van der Waals surface area contributed by atoms with Crippen molar-refractivity contribution in [1.82, 2.24) is 10.0 Å². The number of sulfonamides is 1. The Morgan fingerprint density at radius 1 is 0.841 bits per heavy atom. The average molecular weight is 624 g/mol. The first-order chi connectivity index (χ1) is 21.0. The highest BCUT2D eigenvalue weighted by Gasteiger charge is 2.28. The Balaban J connectivity index is 1.62. The summed E-state index contributed by atoms with van der Waals surface area (Å²) in [7, 11) is -3.80. The number of carbonyl (C=O) groups excluding carboxylic acids is 2. The van der Waals surface area contributed by atoms with Crippen LogP contribution in [-0.2, 0) is 30.8 Å². The van der Waals surface area contributed by atoms with Crippen LogP contribution in [0.25, 0.3) is 11.1 Å². The van der Waals surface area contributed by atoms with Crippen molar-refractivity contribution in [2.24, 2.45) is 11.8 Å². The van der Waals surface area contributed by atoms with Gasteiger partial charge in [-0.1, -0.05) is 68.4 Å². The molecule has 3 aromatic carbocycles. The molecule has 0 fully saturated rings. The summed E-state index contributed by atoms with van der Waals surface area (Å²) in [4.78, 5) is 38.0. The van der Waals surface area contributed by atoms with E-state index in [1.807, 2.05) is 68.4 Å². The van der Waals surface area contributed by atoms with Crippen LogP contribution < -0.4 is 15.4 Å². The highest BCUT2D eigenvalue weighted by Crippen LogP contribution is 2.22. The van der Waals surface area contributed by atoms with Crippen LogP contribution in [0.5, 0.6) is 0 Å². The maximum atomic E-state index is 13.3. The molecule has 0 saturated carbocycles. The summed E-state index contributed by atoms with van der Waals surface area (Å²) in [5, 5.41) is 23.8. The van der Waals surface area contributed by atoms with E-state index < -0.39 is 39.8 Å². The fourth-order valence-corrected chi connectivity index (χ4v) is 5.81. The molecule has 0 aliphatic heterocycles. The Morgan fingerprint density at radius 2 is 1.48 bits per heavy atom. The van der Waals surface area contributed by atoms with Crippen LogP contribution >= 0.6 is 0 Å². The fourth-order valence-electron chi connectivity index (χ4n) is 4.79. The zero-order valence-electron chi connectivity index (χ0n) is 25.0. The van der Waals surface area contributed by atoms with E-state index in [2.05, 4.69) is 15.4 Å². The molecule has 236 valence electrons. The second kappa shape index (κ2) is 16.7. The number of anilines is 1. The van der Waals surface area contributed by atoms with Gasteiger partial charge in [-0.05, 0) is 72.6 Å². The van der Waals surface area contributed by atoms with Crippen molar-refractivity contribution in [3.8, 4) is 11.1 Å². The van der Waals surface area contributed by atoms with Crippen LogP contribution in [0.2, 0.25) is 0 Å². The third-order valence-electron chi connectivity index (χ3n) is 7.05. The van der Waals surface area contributed by atoms with Crippen LogP contribution in [0.4, 0.5) is 5.69 Å². The molecule has 0 heterocycles. The molecule has 2 amide bonds. The minimum absolute atomic E-state index is 0.0281. The first-order valence-electron chi connectivity index (χ1n) is 14.7. The minimum atomic E-state index is -3.80. The molecule has 3 aromatic rings. The lowest BCUT2D eigenvalue weighted by molar-refractivity contribution is -0.141. The average Bonchev–Trinajstić information content (AvgIpc) is 3.00. The van der Waals surface area contributed by atoms with Crippen molar-refractivity contribution in [3.05, 3.63) is 84.4 Å². The van der Waals surface area contributed by atoms with E-state index in [9.17, 15) is 27.9 Å². The minimum Gasteiger partial charge on any atom is -0.481 e. The largest absolute Gasteiger partial charge is 0.481 e. The second-order valence-electron chi connectivity index (χ2n) is 11.1. The Bertz CT molecular complexity index is 1480. The van der Waals surface area contributed by atoms with E-state index in [0.29, 0.717) is 31.4 Å². The standard InChI is InChI=1S/C33H41N3O7S/c1-23(2)21-30(33(41)35-28-15-17-29(18-16-28)44(42,43)34-19-20-37)36-32(40)27(22-31(38)39)10-6-7-24-11-13-26(14-12-24)25-8-4-3-5-9-25/h3-5,8-9,11-18,23,27,30,34,37H,6-7,10,19-22H2,1-2H3,(H,35,41)(H,36,40)(H,38,39). The van der Waals surface area contributed by atoms with Gasteiger partial charge in [-0.2, -0.15) is 0 Å². The molecule has 0 aliphatic rings. The number of carboxylic acid groups (broad SMARTS) is 1. The van der Waals surface area contributed by atoms with Gasteiger partial charge in [0.25, 0.3) is 0 Å². The number of aryl methyl sites for hydroxylation is 1. The quantitative estimate of drug-likeness (QED) is 0.150. The molecule has 0 aliphatic carbocycles. The number of hydrogen-bond donors (Lipinski definition) is 5. The van der Waals surface area contributed by atoms with E-state index in [1.54, 1.807) is 0 Å². The molecule has 0 saturated heterocycles. The summed E-state index contributed by atoms with van der Waals surface area (Å²) in [6.07, 6.45) is 1.59. The normalized spacial score (nSPS) is 12.8. The van der Waals surface area contributed by atoms with Gasteiger partial charge in [0.1, 0.15) is 6.04 Å². The highest BCUT2D eigenvalue weighted by molar-refractivity contribution is 7.89. The first kappa shape index (κ1) is 34.4. The lowest BCUT2D eigenvalue weighted by Gasteiger charge is -2.23. The van der Waals surface area contributed by atoms with Crippen molar-refractivity contribution in [3.63, 3.8) is 0 Å². The summed E-state index contributed by atoms with van der Waals surface area (Å²) >= 11 is 0. The van der Waals surface area contributed by atoms with Crippen molar-refractivity contribution in [1.29, 1.82) is 0 Å². The predicted molar refractivity (Wildman–Crippen MR) is 169 cm³/mol. The predicted octanol–water partition coefficient (Wildman–Crippen LogP) is 4.21. The number of hydrogen-bond acceptors (Lipinski definition) is 6. The van der Waals surface area contributed by atoms with Gasteiger partial charge in [-0.25, -0.2) is 13.1 Å². The monoisotopic (exact) mass is 623 g/mol. The molecule has 44 heavy (non-hydrogen) atoms. The van der Waals surface area contributed by atoms with Gasteiger partial charge in [0, 0.05) is 18.2 Å². The Kier molecular flexibility index (Phi) is 13.1. The lowest BCUT2D eigenvalue weighted by Crippen LogP contribution is -2.47. The van der Waals surface area contributed by atoms with Gasteiger partial charge in [-0.3, -0.25) is 14.4 Å². The van der Waals surface area contributed by atoms with Gasteiger partial charge in [-0.15, -0.1) is 0 Å². The van der Waals surface area contributed by atoms with Gasteiger partial charge < -0.3 is 20.8 Å². The number of aliphatic hydroxyl groups excluding tert-OH is 1. The highest BCUT2D eigenvalue weighted by atomic mass is 32.2. The van der Waals surface area contributed by atoms with E-state index in [0.717, 1.165) is 16.7 Å². The fraction of sp³-hybridized carbons (Fsp3) is 0.364. The van der Waals surface area contributed by atoms with Crippen molar-refractivity contribution in [2.45, 2.75) is 56.9 Å². The maximum absolute atomic E-state index is 13.3. The number of carbonyl (C=O) groups is 3. The lowest BCUT2D eigenvalue weighted by atomic mass is 9.94. The molecule has 3 rings (SSSR count). The third-order valence-corrected chi connectivity index (χ3v) is 8.52. The zero-order valence-corrected chi connectivity index (χ0v) is 25.8. The van der Waals surface area contributed by atoms with Gasteiger partial charge in [0.2, 0.25) is 21.8 Å². The molecule has 0 spiro atoms. The Labute approximate surface area is 259 Å². The summed E-state index contributed by atoms with van der Waals surface area (Å²) in [5.74, 6) is -2.84. The first-order valence-corrected chi connectivity index (χ1v) is 16.1. The second-order valence-corrected chi connectivity index (χ2v) is 12.8. The van der Waals surface area contributed by atoms with Crippen LogP contribution in [0.15, 0.2) is 83.8 Å². The van der Waals surface area contributed by atoms with E-state index in [4.69, 9.17) is 5.11 Å². The number of amides is 2. The van der Waals surface area contributed by atoms with Gasteiger partial charge in [0.05, 0.1) is 17.9 Å². The molecule has 0 radical (unpaired) electrons. The van der Waals surface area contributed by atoms with E-state index in [1.165, 1.54) is 24.3 Å². The third kappa shape index (κ3) is 10.9. The van der Waals surface area contributed by atoms with Crippen LogP contribution in [0.1, 0.15) is 45.1 Å². The van der Waals surface area contributed by atoms with Crippen molar-refractivity contribution < 1.29 is 33.0 Å². The summed E-state index contributed by atoms with van der Waals surface area (Å²) in [6, 6.07) is 22.8. The number of rotatable bonds is 17. The molecular weight excluding hydrogens is 582 g/mol. The maximum Gasteiger partial charge on any atom is 0.304 e. The zero-order chi connectivity index (χ0) is 32.1. The van der Waals surface area contributed by atoms with Gasteiger partial charge >= 0.3 is 5.97 Å². The summed E-state index contributed by atoms with van der Waals surface area (Å²) in [6.45, 7) is 3.35. The van der Waals surface area contributed by atoms with Crippen molar-refractivity contribution >= 4 is 33.5 Å². The topological polar surface area (TPSA) is 162 Å². The van der Waals surface area contributed by atoms with Crippen LogP contribution in [-0.4, -0.2) is 55.6 Å². The Hall–Kier alpha value is -4.06. The number of benzene rings is 3. The van der Waals surface area contributed by atoms with Crippen molar-refractivity contribution in [2.75, 3.05) is 18.5 Å². The SMILES string of the molecule is CC(C)CC(NC(=O)C(CCCc1ccc(-c2ccccc2)cc1)CC(=O)O)C(=O)Nc1ccc(S(=O)(=O)NCCO)cc1. The smallest absolute Gasteiger partial charge is 0.304 e. The number of aliphatic carboxylic acids is 1. The van der Waals surface area contributed by atoms with Gasteiger partial charge in [0.15, 0.2) is 0 Å². The summed E-state index contributed by atoms with van der Waals surface area (Å²) in [5.41, 5.74) is 3.63. The Morgan fingerprint density at radius 3 is 2.07 bits per heavy atom. The molecule has 11 heteroatoms. The summed E-state index contributed by atoms with van der Waals surface area (Å²) < 4.78 is 26.7. The molecular formula is C33H41N3O7S. The van der Waals surface area contributed by atoms with E-state index >= 15 is 0 Å².